The summed E-state index contributed by atoms with van der Waals surface area (Å²) in [5, 5.41) is 2.02. The first-order valence-corrected chi connectivity index (χ1v) is 7.08. The van der Waals surface area contributed by atoms with Gasteiger partial charge in [0.25, 0.3) is 0 Å². The number of sulfonamides is 1. The summed E-state index contributed by atoms with van der Waals surface area (Å²) < 4.78 is 38.7. The zero-order valence-electron chi connectivity index (χ0n) is 10.5. The van der Waals surface area contributed by atoms with E-state index in [1.807, 2.05) is 5.32 Å². The van der Waals surface area contributed by atoms with Crippen LogP contribution in [0.4, 0.5) is 10.1 Å². The van der Waals surface area contributed by atoms with Crippen molar-refractivity contribution in [2.45, 2.75) is 17.9 Å². The van der Waals surface area contributed by atoms with Crippen LogP contribution >= 0.6 is 0 Å². The lowest BCUT2D eigenvalue weighted by molar-refractivity contribution is -0.136. The van der Waals surface area contributed by atoms with Crippen molar-refractivity contribution in [1.29, 1.82) is 0 Å². The van der Waals surface area contributed by atoms with Gasteiger partial charge in [0.05, 0.1) is 12.2 Å². The van der Waals surface area contributed by atoms with E-state index in [1.54, 1.807) is 0 Å². The quantitative estimate of drug-likeness (QED) is 0.562. The largest absolute Gasteiger partial charge is 0.398 e. The summed E-state index contributed by atoms with van der Waals surface area (Å²) in [5.74, 6) is -2.26. The van der Waals surface area contributed by atoms with Gasteiger partial charge in [-0.3, -0.25) is 14.9 Å². The number of hydrogen-bond acceptors (Lipinski definition) is 5. The average Bonchev–Trinajstić information content (AvgIpc) is 2.36. The SMILES string of the molecule is CC1C(=O)NC(=O)CN1S(=O)(=O)c1cc(F)ccc1N. The molecule has 1 fully saturated rings. The first kappa shape index (κ1) is 14.4. The van der Waals surface area contributed by atoms with E-state index in [9.17, 15) is 22.4 Å². The number of amides is 2. The van der Waals surface area contributed by atoms with Gasteiger partial charge >= 0.3 is 0 Å². The molecule has 1 atom stereocenters. The Morgan fingerprint density at radius 2 is 2.05 bits per heavy atom. The molecule has 1 aromatic rings. The molecular formula is C11H12FN3O4S. The van der Waals surface area contributed by atoms with Crippen LogP contribution in [0, 0.1) is 5.82 Å². The van der Waals surface area contributed by atoms with E-state index in [-0.39, 0.29) is 5.69 Å². The molecule has 1 aromatic carbocycles. The highest BCUT2D eigenvalue weighted by molar-refractivity contribution is 7.89. The van der Waals surface area contributed by atoms with Crippen molar-refractivity contribution in [3.05, 3.63) is 24.0 Å². The van der Waals surface area contributed by atoms with Crippen LogP contribution in [-0.4, -0.2) is 37.1 Å². The molecule has 1 heterocycles. The Morgan fingerprint density at radius 1 is 1.40 bits per heavy atom. The number of benzene rings is 1. The maximum atomic E-state index is 13.2. The minimum absolute atomic E-state index is 0.156. The summed E-state index contributed by atoms with van der Waals surface area (Å²) in [6, 6.07) is 1.80. The van der Waals surface area contributed by atoms with Gasteiger partial charge in [-0.15, -0.1) is 0 Å². The van der Waals surface area contributed by atoms with Gasteiger partial charge in [0.2, 0.25) is 21.8 Å². The van der Waals surface area contributed by atoms with Gasteiger partial charge in [0, 0.05) is 0 Å². The predicted octanol–water partition coefficient (Wildman–Crippen LogP) is -0.557. The molecule has 2 rings (SSSR count). The number of imide groups is 1. The molecule has 9 heteroatoms. The van der Waals surface area contributed by atoms with Gasteiger partial charge in [0.1, 0.15) is 16.8 Å². The molecule has 108 valence electrons. The Labute approximate surface area is 114 Å². The van der Waals surface area contributed by atoms with E-state index >= 15 is 0 Å². The number of carbonyl (C=O) groups excluding carboxylic acids is 2. The van der Waals surface area contributed by atoms with E-state index in [0.717, 1.165) is 18.2 Å². The molecule has 20 heavy (non-hydrogen) atoms. The number of nitrogens with zero attached hydrogens (tertiary/aromatic N) is 1. The molecule has 0 bridgehead atoms. The molecule has 1 aliphatic rings. The fourth-order valence-electron chi connectivity index (χ4n) is 1.84. The number of carbonyl (C=O) groups is 2. The fourth-order valence-corrected chi connectivity index (χ4v) is 3.52. The van der Waals surface area contributed by atoms with Crippen LogP contribution in [0.2, 0.25) is 0 Å². The number of hydrogen-bond donors (Lipinski definition) is 2. The van der Waals surface area contributed by atoms with E-state index in [1.165, 1.54) is 6.92 Å². The predicted molar refractivity (Wildman–Crippen MR) is 67.3 cm³/mol. The first-order chi connectivity index (χ1) is 9.23. The van der Waals surface area contributed by atoms with Crippen molar-refractivity contribution in [3.8, 4) is 0 Å². The zero-order chi connectivity index (χ0) is 15.1. The van der Waals surface area contributed by atoms with Crippen LogP contribution < -0.4 is 11.1 Å². The Balaban J connectivity index is 2.51. The molecule has 1 unspecified atom stereocenters. The molecule has 0 radical (unpaired) electrons. The highest BCUT2D eigenvalue weighted by atomic mass is 32.2. The highest BCUT2D eigenvalue weighted by Gasteiger charge is 2.39. The van der Waals surface area contributed by atoms with Gasteiger partial charge in [-0.2, -0.15) is 4.31 Å². The smallest absolute Gasteiger partial charge is 0.246 e. The van der Waals surface area contributed by atoms with Crippen molar-refractivity contribution < 1.29 is 22.4 Å². The summed E-state index contributed by atoms with van der Waals surface area (Å²) >= 11 is 0. The minimum Gasteiger partial charge on any atom is -0.398 e. The maximum absolute atomic E-state index is 13.2. The number of nitrogens with one attached hydrogen (secondary N) is 1. The fraction of sp³-hybridized carbons (Fsp3) is 0.273. The van der Waals surface area contributed by atoms with Gasteiger partial charge < -0.3 is 5.73 Å². The molecule has 1 aliphatic heterocycles. The number of nitrogens with two attached hydrogens (primary N) is 1. The minimum atomic E-state index is -4.24. The second-order valence-electron chi connectivity index (χ2n) is 4.32. The third-order valence-electron chi connectivity index (χ3n) is 2.94. The first-order valence-electron chi connectivity index (χ1n) is 5.64. The number of anilines is 1. The summed E-state index contributed by atoms with van der Waals surface area (Å²) in [6.07, 6.45) is 0. The number of piperazine rings is 1. The lowest BCUT2D eigenvalue weighted by Gasteiger charge is -2.30. The Hall–Kier alpha value is -2.00. The van der Waals surface area contributed by atoms with Gasteiger partial charge in [-0.05, 0) is 25.1 Å². The van der Waals surface area contributed by atoms with E-state index in [4.69, 9.17) is 5.73 Å². The third-order valence-corrected chi connectivity index (χ3v) is 4.91. The van der Waals surface area contributed by atoms with Crippen molar-refractivity contribution >= 4 is 27.5 Å². The van der Waals surface area contributed by atoms with Crippen LogP contribution in [0.5, 0.6) is 0 Å². The third kappa shape index (κ3) is 2.37. The van der Waals surface area contributed by atoms with Crippen molar-refractivity contribution in [2.24, 2.45) is 0 Å². The topological polar surface area (TPSA) is 110 Å². The number of halogens is 1. The lowest BCUT2D eigenvalue weighted by atomic mass is 10.2. The van der Waals surface area contributed by atoms with Crippen molar-refractivity contribution in [1.82, 2.24) is 9.62 Å². The van der Waals surface area contributed by atoms with E-state index in [0.29, 0.717) is 4.31 Å². The molecule has 7 nitrogen and oxygen atoms in total. The van der Waals surface area contributed by atoms with Crippen molar-refractivity contribution in [2.75, 3.05) is 12.3 Å². The van der Waals surface area contributed by atoms with Crippen LogP contribution in [0.15, 0.2) is 23.1 Å². The van der Waals surface area contributed by atoms with Crippen LogP contribution in [0.3, 0.4) is 0 Å². The summed E-state index contributed by atoms with van der Waals surface area (Å²) in [4.78, 5) is 22.4. The number of nitrogen functional groups attached to an aromatic ring is 1. The zero-order valence-corrected chi connectivity index (χ0v) is 11.3. The number of rotatable bonds is 2. The van der Waals surface area contributed by atoms with Gasteiger partial charge in [-0.1, -0.05) is 0 Å². The standard InChI is InChI=1S/C11H12FN3O4S/c1-6-11(17)14-10(16)5-15(6)20(18,19)9-4-7(12)2-3-8(9)13/h2-4,6H,5,13H2,1H3,(H,14,16,17). The molecule has 0 aromatic heterocycles. The molecular weight excluding hydrogens is 289 g/mol. The molecule has 1 saturated heterocycles. The highest BCUT2D eigenvalue weighted by Crippen LogP contribution is 2.25. The van der Waals surface area contributed by atoms with Gasteiger partial charge in [0.15, 0.2) is 0 Å². The molecule has 0 saturated carbocycles. The summed E-state index contributed by atoms with van der Waals surface area (Å²) in [5.41, 5.74) is 5.38. The molecule has 0 aliphatic carbocycles. The summed E-state index contributed by atoms with van der Waals surface area (Å²) in [7, 11) is -4.24. The monoisotopic (exact) mass is 301 g/mol. The lowest BCUT2D eigenvalue weighted by Crippen LogP contribution is -2.58. The maximum Gasteiger partial charge on any atom is 0.246 e. The second-order valence-corrected chi connectivity index (χ2v) is 6.18. The second kappa shape index (κ2) is 4.84. The van der Waals surface area contributed by atoms with Crippen LogP contribution in [0.1, 0.15) is 6.92 Å². The Bertz CT molecular complexity index is 689. The normalized spacial score (nSPS) is 20.8. The molecule has 2 amide bonds. The summed E-state index contributed by atoms with van der Waals surface area (Å²) in [6.45, 7) is 0.806. The molecule has 3 N–H and O–H groups in total. The Kier molecular flexibility index (Phi) is 3.48. The average molecular weight is 301 g/mol. The van der Waals surface area contributed by atoms with Gasteiger partial charge in [-0.25, -0.2) is 12.8 Å². The van der Waals surface area contributed by atoms with Crippen molar-refractivity contribution in [3.63, 3.8) is 0 Å². The van der Waals surface area contributed by atoms with Crippen LogP contribution in [0.25, 0.3) is 0 Å². The van der Waals surface area contributed by atoms with E-state index in [2.05, 4.69) is 0 Å². The van der Waals surface area contributed by atoms with Crippen LogP contribution in [-0.2, 0) is 19.6 Å². The van der Waals surface area contributed by atoms with E-state index < -0.39 is 45.1 Å². The Morgan fingerprint density at radius 3 is 2.70 bits per heavy atom. The molecule has 0 spiro atoms.